The Morgan fingerprint density at radius 3 is 2.90 bits per heavy atom. The second-order valence-electron chi connectivity index (χ2n) is 4.78. The molecule has 1 N–H and O–H groups in total. The first kappa shape index (κ1) is 14.2. The number of aryl methyl sites for hydroxylation is 1. The molecular formula is C14H20N4O2. The minimum atomic E-state index is -0.112. The van der Waals surface area contributed by atoms with E-state index in [4.69, 9.17) is 4.42 Å². The summed E-state index contributed by atoms with van der Waals surface area (Å²) in [6.45, 7) is 2.55. The third kappa shape index (κ3) is 3.20. The lowest BCUT2D eigenvalue weighted by atomic mass is 10.1. The second-order valence-corrected chi connectivity index (χ2v) is 4.78. The Balaban J connectivity index is 1.97. The minimum absolute atomic E-state index is 0.0400. The molecule has 0 aliphatic carbocycles. The maximum absolute atomic E-state index is 12.2. The SMILES string of the molecule is CC[C@@H](NC(=O)N(C)Cc1ccoc1)c1ccnn1C. The molecule has 0 aliphatic heterocycles. The van der Waals surface area contributed by atoms with Gasteiger partial charge >= 0.3 is 6.03 Å². The van der Waals surface area contributed by atoms with E-state index < -0.39 is 0 Å². The lowest BCUT2D eigenvalue weighted by Gasteiger charge is -2.22. The number of nitrogens with one attached hydrogen (secondary N) is 1. The average molecular weight is 276 g/mol. The molecule has 0 radical (unpaired) electrons. The van der Waals surface area contributed by atoms with E-state index in [-0.39, 0.29) is 12.1 Å². The molecule has 0 fully saturated rings. The largest absolute Gasteiger partial charge is 0.472 e. The first-order valence-electron chi connectivity index (χ1n) is 6.62. The number of rotatable bonds is 5. The van der Waals surface area contributed by atoms with E-state index in [0.717, 1.165) is 17.7 Å². The molecule has 2 aromatic heterocycles. The molecule has 2 amide bonds. The van der Waals surface area contributed by atoms with Crippen LogP contribution in [0.2, 0.25) is 0 Å². The predicted octanol–water partition coefficient (Wildman–Crippen LogP) is 2.31. The number of hydrogen-bond donors (Lipinski definition) is 1. The summed E-state index contributed by atoms with van der Waals surface area (Å²) in [5.41, 5.74) is 1.97. The molecular weight excluding hydrogens is 256 g/mol. The van der Waals surface area contributed by atoms with Crippen LogP contribution in [-0.2, 0) is 13.6 Å². The van der Waals surface area contributed by atoms with Gasteiger partial charge in [-0.25, -0.2) is 4.79 Å². The number of carbonyl (C=O) groups excluding carboxylic acids is 1. The summed E-state index contributed by atoms with van der Waals surface area (Å²) < 4.78 is 6.78. The molecule has 0 aliphatic rings. The number of nitrogens with zero attached hydrogens (tertiary/aromatic N) is 3. The number of amides is 2. The van der Waals surface area contributed by atoms with Crippen molar-refractivity contribution < 1.29 is 9.21 Å². The topological polar surface area (TPSA) is 63.3 Å². The van der Waals surface area contributed by atoms with Crippen molar-refractivity contribution in [2.75, 3.05) is 7.05 Å². The van der Waals surface area contributed by atoms with E-state index in [1.807, 2.05) is 26.1 Å². The van der Waals surface area contributed by atoms with Crippen molar-refractivity contribution in [3.8, 4) is 0 Å². The zero-order chi connectivity index (χ0) is 14.5. The third-order valence-electron chi connectivity index (χ3n) is 3.27. The first-order chi connectivity index (χ1) is 9.61. The smallest absolute Gasteiger partial charge is 0.317 e. The molecule has 0 unspecified atom stereocenters. The summed E-state index contributed by atoms with van der Waals surface area (Å²) in [7, 11) is 3.64. The van der Waals surface area contributed by atoms with Gasteiger partial charge in [0, 0.05) is 25.9 Å². The molecule has 0 saturated heterocycles. The van der Waals surface area contributed by atoms with Gasteiger partial charge in [-0.2, -0.15) is 5.10 Å². The fourth-order valence-electron chi connectivity index (χ4n) is 2.10. The average Bonchev–Trinajstić information content (AvgIpc) is 3.07. The first-order valence-corrected chi connectivity index (χ1v) is 6.62. The van der Waals surface area contributed by atoms with Crippen LogP contribution in [0.5, 0.6) is 0 Å². The van der Waals surface area contributed by atoms with Crippen molar-refractivity contribution in [3.05, 3.63) is 42.1 Å². The highest BCUT2D eigenvalue weighted by molar-refractivity contribution is 5.74. The lowest BCUT2D eigenvalue weighted by Crippen LogP contribution is -2.39. The number of carbonyl (C=O) groups is 1. The van der Waals surface area contributed by atoms with Gasteiger partial charge in [0.25, 0.3) is 0 Å². The summed E-state index contributed by atoms with van der Waals surface area (Å²) in [6.07, 6.45) is 5.79. The fourth-order valence-corrected chi connectivity index (χ4v) is 2.10. The summed E-state index contributed by atoms with van der Waals surface area (Å²) in [6, 6.07) is 3.62. The summed E-state index contributed by atoms with van der Waals surface area (Å²) >= 11 is 0. The number of hydrogen-bond acceptors (Lipinski definition) is 3. The van der Waals surface area contributed by atoms with Crippen molar-refractivity contribution in [1.29, 1.82) is 0 Å². The lowest BCUT2D eigenvalue weighted by molar-refractivity contribution is 0.201. The second kappa shape index (κ2) is 6.27. The van der Waals surface area contributed by atoms with Crippen LogP contribution in [-0.4, -0.2) is 27.8 Å². The van der Waals surface area contributed by atoms with Crippen molar-refractivity contribution in [3.63, 3.8) is 0 Å². The highest BCUT2D eigenvalue weighted by atomic mass is 16.3. The summed E-state index contributed by atoms with van der Waals surface area (Å²) in [4.78, 5) is 13.8. The van der Waals surface area contributed by atoms with Gasteiger partial charge in [-0.3, -0.25) is 4.68 Å². The van der Waals surface area contributed by atoms with Crippen LogP contribution in [0, 0.1) is 0 Å². The molecule has 2 rings (SSSR count). The van der Waals surface area contributed by atoms with Crippen molar-refractivity contribution in [2.45, 2.75) is 25.9 Å². The molecule has 1 atom stereocenters. The molecule has 2 heterocycles. The molecule has 0 spiro atoms. The summed E-state index contributed by atoms with van der Waals surface area (Å²) in [5.74, 6) is 0. The van der Waals surface area contributed by atoms with E-state index >= 15 is 0 Å². The molecule has 20 heavy (non-hydrogen) atoms. The van der Waals surface area contributed by atoms with Gasteiger partial charge in [0.15, 0.2) is 0 Å². The Kier molecular flexibility index (Phi) is 4.45. The molecule has 0 bridgehead atoms. The van der Waals surface area contributed by atoms with Crippen LogP contribution >= 0.6 is 0 Å². The number of furan rings is 1. The van der Waals surface area contributed by atoms with Gasteiger partial charge in [-0.15, -0.1) is 0 Å². The van der Waals surface area contributed by atoms with Gasteiger partial charge in [0.05, 0.1) is 30.8 Å². The zero-order valence-corrected chi connectivity index (χ0v) is 12.0. The Labute approximate surface area is 118 Å². The van der Waals surface area contributed by atoms with Crippen LogP contribution < -0.4 is 5.32 Å². The van der Waals surface area contributed by atoms with Crippen molar-refractivity contribution in [1.82, 2.24) is 20.0 Å². The van der Waals surface area contributed by atoms with Crippen LogP contribution in [0.25, 0.3) is 0 Å². The van der Waals surface area contributed by atoms with Crippen molar-refractivity contribution >= 4 is 6.03 Å². The van der Waals surface area contributed by atoms with E-state index in [9.17, 15) is 4.79 Å². The Hall–Kier alpha value is -2.24. The molecule has 6 heteroatoms. The Morgan fingerprint density at radius 2 is 2.35 bits per heavy atom. The molecule has 2 aromatic rings. The number of aromatic nitrogens is 2. The standard InChI is InChI=1S/C14H20N4O2/c1-4-12(13-5-7-15-18(13)3)16-14(19)17(2)9-11-6-8-20-10-11/h5-8,10,12H,4,9H2,1-3H3,(H,16,19)/t12-/m1/s1. The number of urea groups is 1. The molecule has 0 saturated carbocycles. The highest BCUT2D eigenvalue weighted by Crippen LogP contribution is 2.15. The monoisotopic (exact) mass is 276 g/mol. The zero-order valence-electron chi connectivity index (χ0n) is 12.0. The van der Waals surface area contributed by atoms with Crippen LogP contribution in [0.1, 0.15) is 30.6 Å². The Morgan fingerprint density at radius 1 is 1.55 bits per heavy atom. The predicted molar refractivity (Wildman–Crippen MR) is 74.9 cm³/mol. The normalized spacial score (nSPS) is 12.2. The quantitative estimate of drug-likeness (QED) is 0.911. The summed E-state index contributed by atoms with van der Waals surface area (Å²) in [5, 5.41) is 7.16. The molecule has 108 valence electrons. The third-order valence-corrected chi connectivity index (χ3v) is 3.27. The van der Waals surface area contributed by atoms with E-state index in [1.54, 1.807) is 35.4 Å². The fraction of sp³-hybridized carbons (Fsp3) is 0.429. The minimum Gasteiger partial charge on any atom is -0.472 e. The van der Waals surface area contributed by atoms with Crippen LogP contribution in [0.3, 0.4) is 0 Å². The van der Waals surface area contributed by atoms with E-state index in [1.165, 1.54) is 0 Å². The van der Waals surface area contributed by atoms with Gasteiger partial charge in [-0.05, 0) is 18.6 Å². The maximum atomic E-state index is 12.2. The van der Waals surface area contributed by atoms with Gasteiger partial charge in [-0.1, -0.05) is 6.92 Å². The maximum Gasteiger partial charge on any atom is 0.317 e. The Bertz CT molecular complexity index is 547. The molecule has 0 aromatic carbocycles. The van der Waals surface area contributed by atoms with Gasteiger partial charge in [0.2, 0.25) is 0 Å². The van der Waals surface area contributed by atoms with Crippen LogP contribution in [0.15, 0.2) is 35.3 Å². The van der Waals surface area contributed by atoms with E-state index in [0.29, 0.717) is 6.54 Å². The van der Waals surface area contributed by atoms with Crippen LogP contribution in [0.4, 0.5) is 4.79 Å². The highest BCUT2D eigenvalue weighted by Gasteiger charge is 2.18. The van der Waals surface area contributed by atoms with Gasteiger partial charge < -0.3 is 14.6 Å². The van der Waals surface area contributed by atoms with Gasteiger partial charge in [0.1, 0.15) is 0 Å². The van der Waals surface area contributed by atoms with Crippen molar-refractivity contribution in [2.24, 2.45) is 7.05 Å². The molecule has 6 nitrogen and oxygen atoms in total. The van der Waals surface area contributed by atoms with E-state index in [2.05, 4.69) is 10.4 Å².